The predicted octanol–water partition coefficient (Wildman–Crippen LogP) is 3.90. The second kappa shape index (κ2) is 5.78. The molecular formula is C16H18FN. The zero-order valence-corrected chi connectivity index (χ0v) is 10.6. The molecule has 0 aromatic heterocycles. The van der Waals surface area contributed by atoms with Crippen LogP contribution in [-0.4, -0.2) is 0 Å². The summed E-state index contributed by atoms with van der Waals surface area (Å²) in [5.74, 6) is -0.232. The average molecular weight is 243 g/mol. The highest BCUT2D eigenvalue weighted by atomic mass is 19.1. The van der Waals surface area contributed by atoms with E-state index in [0.29, 0.717) is 6.54 Å². The summed E-state index contributed by atoms with van der Waals surface area (Å²) in [5.41, 5.74) is 9.98. The lowest BCUT2D eigenvalue weighted by Crippen LogP contribution is -2.00. The van der Waals surface area contributed by atoms with Crippen LogP contribution in [0, 0.1) is 5.82 Å². The van der Waals surface area contributed by atoms with Gasteiger partial charge in [0.2, 0.25) is 0 Å². The van der Waals surface area contributed by atoms with Crippen LogP contribution in [0.1, 0.15) is 24.5 Å². The molecule has 0 spiro atoms. The van der Waals surface area contributed by atoms with Gasteiger partial charge >= 0.3 is 0 Å². The Hall–Kier alpha value is -1.67. The van der Waals surface area contributed by atoms with Crippen molar-refractivity contribution in [2.24, 2.45) is 5.73 Å². The molecule has 1 nitrogen and oxygen atoms in total. The molecule has 0 saturated heterocycles. The highest BCUT2D eigenvalue weighted by Crippen LogP contribution is 2.25. The van der Waals surface area contributed by atoms with E-state index in [0.717, 1.165) is 29.5 Å². The first-order chi connectivity index (χ1) is 8.74. The molecular weight excluding hydrogens is 225 g/mol. The maximum atomic E-state index is 13.2. The van der Waals surface area contributed by atoms with Crippen molar-refractivity contribution < 1.29 is 4.39 Å². The Labute approximate surface area is 107 Å². The van der Waals surface area contributed by atoms with E-state index < -0.39 is 0 Å². The average Bonchev–Trinajstić information content (AvgIpc) is 2.39. The summed E-state index contributed by atoms with van der Waals surface area (Å²) in [6.07, 6.45) is 2.18. The summed E-state index contributed by atoms with van der Waals surface area (Å²) in [6, 6.07) is 13.2. The van der Waals surface area contributed by atoms with Gasteiger partial charge in [0.1, 0.15) is 5.82 Å². The lowest BCUT2D eigenvalue weighted by molar-refractivity contribution is 0.625. The van der Waals surface area contributed by atoms with Crippen molar-refractivity contribution in [1.82, 2.24) is 0 Å². The van der Waals surface area contributed by atoms with Crippen molar-refractivity contribution in [3.8, 4) is 11.1 Å². The van der Waals surface area contributed by atoms with Crippen molar-refractivity contribution in [3.05, 3.63) is 59.4 Å². The van der Waals surface area contributed by atoms with Crippen LogP contribution in [0.4, 0.5) is 4.39 Å². The van der Waals surface area contributed by atoms with Gasteiger partial charge in [-0.25, -0.2) is 4.39 Å². The van der Waals surface area contributed by atoms with E-state index in [9.17, 15) is 4.39 Å². The Morgan fingerprint density at radius 1 is 1.11 bits per heavy atom. The molecule has 94 valence electrons. The minimum absolute atomic E-state index is 0.232. The monoisotopic (exact) mass is 243 g/mol. The number of rotatable bonds is 4. The van der Waals surface area contributed by atoms with Crippen molar-refractivity contribution in [3.63, 3.8) is 0 Å². The second-order valence-electron chi connectivity index (χ2n) is 4.46. The van der Waals surface area contributed by atoms with E-state index in [1.807, 2.05) is 18.2 Å². The van der Waals surface area contributed by atoms with Crippen molar-refractivity contribution in [2.45, 2.75) is 26.3 Å². The first-order valence-electron chi connectivity index (χ1n) is 6.32. The van der Waals surface area contributed by atoms with E-state index in [4.69, 9.17) is 5.73 Å². The molecule has 0 radical (unpaired) electrons. The maximum Gasteiger partial charge on any atom is 0.123 e. The third kappa shape index (κ3) is 2.77. The van der Waals surface area contributed by atoms with Crippen molar-refractivity contribution in [2.75, 3.05) is 0 Å². The van der Waals surface area contributed by atoms with Gasteiger partial charge in [-0.2, -0.15) is 0 Å². The second-order valence-corrected chi connectivity index (χ2v) is 4.46. The lowest BCUT2D eigenvalue weighted by atomic mass is 9.97. The van der Waals surface area contributed by atoms with Gasteiger partial charge in [0.25, 0.3) is 0 Å². The van der Waals surface area contributed by atoms with E-state index in [1.165, 1.54) is 17.7 Å². The quantitative estimate of drug-likeness (QED) is 0.865. The molecule has 0 atom stereocenters. The van der Waals surface area contributed by atoms with Crippen molar-refractivity contribution in [1.29, 1.82) is 0 Å². The minimum Gasteiger partial charge on any atom is -0.326 e. The highest BCUT2D eigenvalue weighted by molar-refractivity contribution is 5.68. The number of halogens is 1. The fraction of sp³-hybridized carbons (Fsp3) is 0.250. The molecule has 2 rings (SSSR count). The smallest absolute Gasteiger partial charge is 0.123 e. The molecule has 0 amide bonds. The van der Waals surface area contributed by atoms with Crippen LogP contribution in [-0.2, 0) is 13.0 Å². The largest absolute Gasteiger partial charge is 0.326 e. The molecule has 0 heterocycles. The van der Waals surface area contributed by atoms with Gasteiger partial charge in [0.15, 0.2) is 0 Å². The van der Waals surface area contributed by atoms with E-state index in [1.54, 1.807) is 0 Å². The van der Waals surface area contributed by atoms with Gasteiger partial charge in [-0.1, -0.05) is 43.7 Å². The summed E-state index contributed by atoms with van der Waals surface area (Å²) >= 11 is 0. The topological polar surface area (TPSA) is 26.0 Å². The van der Waals surface area contributed by atoms with Crippen LogP contribution < -0.4 is 5.73 Å². The Balaban J connectivity index is 2.44. The Morgan fingerprint density at radius 2 is 1.94 bits per heavy atom. The molecule has 0 aliphatic rings. The first kappa shape index (κ1) is 12.8. The Kier molecular flexibility index (Phi) is 4.11. The molecule has 2 N–H and O–H groups in total. The van der Waals surface area contributed by atoms with Crippen LogP contribution in [0.5, 0.6) is 0 Å². The van der Waals surface area contributed by atoms with Gasteiger partial charge < -0.3 is 5.73 Å². The van der Waals surface area contributed by atoms with Crippen molar-refractivity contribution >= 4 is 0 Å². The van der Waals surface area contributed by atoms with Crippen LogP contribution >= 0.6 is 0 Å². The summed E-state index contributed by atoms with van der Waals surface area (Å²) in [6.45, 7) is 2.51. The molecule has 0 fully saturated rings. The van der Waals surface area contributed by atoms with Crippen LogP contribution in [0.2, 0.25) is 0 Å². The van der Waals surface area contributed by atoms with Gasteiger partial charge in [-0.3, -0.25) is 0 Å². The third-order valence-corrected chi connectivity index (χ3v) is 3.06. The van der Waals surface area contributed by atoms with E-state index in [2.05, 4.69) is 19.1 Å². The Bertz CT molecular complexity index is 534. The number of aryl methyl sites for hydroxylation is 1. The molecule has 0 unspecified atom stereocenters. The van der Waals surface area contributed by atoms with Gasteiger partial charge in [0, 0.05) is 6.54 Å². The summed E-state index contributed by atoms with van der Waals surface area (Å²) in [5, 5.41) is 0. The lowest BCUT2D eigenvalue weighted by Gasteiger charge is -2.09. The summed E-state index contributed by atoms with van der Waals surface area (Å²) in [4.78, 5) is 0. The fourth-order valence-corrected chi connectivity index (χ4v) is 2.20. The SMILES string of the molecule is CCCc1cccc(-c2ccc(F)cc2CN)c1. The molecule has 18 heavy (non-hydrogen) atoms. The predicted molar refractivity (Wildman–Crippen MR) is 73.7 cm³/mol. The molecule has 0 aliphatic carbocycles. The number of benzene rings is 2. The highest BCUT2D eigenvalue weighted by Gasteiger charge is 2.06. The third-order valence-electron chi connectivity index (χ3n) is 3.06. The molecule has 0 saturated carbocycles. The molecule has 0 aliphatic heterocycles. The normalized spacial score (nSPS) is 10.6. The van der Waals surface area contributed by atoms with Crippen LogP contribution in [0.3, 0.4) is 0 Å². The van der Waals surface area contributed by atoms with Gasteiger partial charge in [-0.15, -0.1) is 0 Å². The summed E-state index contributed by atoms with van der Waals surface area (Å²) < 4.78 is 13.2. The molecule has 2 aromatic carbocycles. The zero-order valence-electron chi connectivity index (χ0n) is 10.6. The van der Waals surface area contributed by atoms with Crippen LogP contribution in [0.15, 0.2) is 42.5 Å². The standard InChI is InChI=1S/C16H18FN/c1-2-4-12-5-3-6-13(9-12)16-8-7-15(17)10-14(16)11-18/h3,5-10H,2,4,11,18H2,1H3. The summed E-state index contributed by atoms with van der Waals surface area (Å²) in [7, 11) is 0. The minimum atomic E-state index is -0.232. The van der Waals surface area contributed by atoms with Gasteiger partial charge in [0.05, 0.1) is 0 Å². The van der Waals surface area contributed by atoms with E-state index in [-0.39, 0.29) is 5.82 Å². The Morgan fingerprint density at radius 3 is 2.67 bits per heavy atom. The fourth-order valence-electron chi connectivity index (χ4n) is 2.20. The maximum absolute atomic E-state index is 13.2. The zero-order chi connectivity index (χ0) is 13.0. The molecule has 2 aromatic rings. The molecule has 0 bridgehead atoms. The number of nitrogens with two attached hydrogens (primary N) is 1. The first-order valence-corrected chi connectivity index (χ1v) is 6.32. The van der Waals surface area contributed by atoms with E-state index >= 15 is 0 Å². The van der Waals surface area contributed by atoms with Gasteiger partial charge in [-0.05, 0) is 40.8 Å². The number of hydrogen-bond acceptors (Lipinski definition) is 1. The molecule has 2 heteroatoms. The van der Waals surface area contributed by atoms with Crippen LogP contribution in [0.25, 0.3) is 11.1 Å². The number of hydrogen-bond donors (Lipinski definition) is 1.